The van der Waals surface area contributed by atoms with E-state index in [0.29, 0.717) is 26.1 Å². The van der Waals surface area contributed by atoms with E-state index in [9.17, 15) is 4.79 Å². The first kappa shape index (κ1) is 24.8. The molecule has 10 heteroatoms. The highest BCUT2D eigenvalue weighted by Crippen LogP contribution is 2.24. The summed E-state index contributed by atoms with van der Waals surface area (Å²) >= 11 is 0. The average molecular weight is 542 g/mol. The number of amides is 1. The summed E-state index contributed by atoms with van der Waals surface area (Å²) in [6.45, 7) is 4.91. The minimum Gasteiger partial charge on any atom is -0.497 e. The Bertz CT molecular complexity index is 901. The van der Waals surface area contributed by atoms with E-state index < -0.39 is 0 Å². The van der Waals surface area contributed by atoms with Crippen molar-refractivity contribution < 1.29 is 14.3 Å². The minimum absolute atomic E-state index is 0. The summed E-state index contributed by atoms with van der Waals surface area (Å²) in [7, 11) is 5.15. The van der Waals surface area contributed by atoms with Gasteiger partial charge in [-0.1, -0.05) is 0 Å². The third kappa shape index (κ3) is 6.25. The van der Waals surface area contributed by atoms with Gasteiger partial charge in [0.25, 0.3) is 0 Å². The molecule has 9 nitrogen and oxygen atoms in total. The molecule has 0 radical (unpaired) electrons. The van der Waals surface area contributed by atoms with Gasteiger partial charge in [-0.25, -0.2) is 0 Å². The van der Waals surface area contributed by atoms with Crippen LogP contribution in [0.2, 0.25) is 0 Å². The fourth-order valence-electron chi connectivity index (χ4n) is 3.46. The Morgan fingerprint density at radius 2 is 2.06 bits per heavy atom. The van der Waals surface area contributed by atoms with Crippen molar-refractivity contribution in [3.63, 3.8) is 0 Å². The van der Waals surface area contributed by atoms with Gasteiger partial charge in [0.2, 0.25) is 5.91 Å². The van der Waals surface area contributed by atoms with Gasteiger partial charge in [0.05, 0.1) is 26.1 Å². The van der Waals surface area contributed by atoms with Crippen LogP contribution in [0.15, 0.2) is 35.6 Å². The fourth-order valence-corrected chi connectivity index (χ4v) is 3.46. The van der Waals surface area contributed by atoms with Crippen LogP contribution in [-0.4, -0.2) is 73.5 Å². The van der Waals surface area contributed by atoms with Crippen LogP contribution in [0.3, 0.4) is 0 Å². The van der Waals surface area contributed by atoms with Crippen molar-refractivity contribution >= 4 is 41.5 Å². The summed E-state index contributed by atoms with van der Waals surface area (Å²) in [6.07, 6.45) is 4.28. The van der Waals surface area contributed by atoms with Crippen LogP contribution in [0.5, 0.6) is 11.5 Å². The topological polar surface area (TPSA) is 84.2 Å². The number of aryl methyl sites for hydroxylation is 1. The molecule has 1 aliphatic heterocycles. The maximum absolute atomic E-state index is 12.7. The average Bonchev–Trinajstić information content (AvgIpc) is 3.18. The largest absolute Gasteiger partial charge is 0.497 e. The van der Waals surface area contributed by atoms with Crippen molar-refractivity contribution in [1.29, 1.82) is 0 Å². The number of aliphatic imine (C=N–C) groups is 1. The molecule has 1 N–H and O–H groups in total. The second-order valence-electron chi connectivity index (χ2n) is 7.00. The third-order valence-corrected chi connectivity index (χ3v) is 4.99. The number of benzene rings is 1. The maximum atomic E-state index is 12.7. The number of guanidine groups is 1. The lowest BCUT2D eigenvalue weighted by Gasteiger charge is -2.35. The lowest BCUT2D eigenvalue weighted by molar-refractivity contribution is -0.120. The molecule has 1 aromatic carbocycles. The zero-order chi connectivity index (χ0) is 21.5. The van der Waals surface area contributed by atoms with Crippen LogP contribution in [0, 0.1) is 0 Å². The van der Waals surface area contributed by atoms with Crippen LogP contribution < -0.4 is 19.7 Å². The Morgan fingerprint density at radius 1 is 1.26 bits per heavy atom. The number of nitrogens with zero attached hydrogens (tertiary/aromatic N) is 5. The molecule has 2 aromatic rings. The van der Waals surface area contributed by atoms with E-state index in [1.807, 2.05) is 43.3 Å². The van der Waals surface area contributed by atoms with Gasteiger partial charge in [-0.15, -0.1) is 24.0 Å². The molecule has 0 unspecified atom stereocenters. The number of halogens is 1. The van der Waals surface area contributed by atoms with Crippen molar-refractivity contribution in [2.75, 3.05) is 51.8 Å². The first-order valence-corrected chi connectivity index (χ1v) is 10.1. The highest BCUT2D eigenvalue weighted by molar-refractivity contribution is 14.0. The Morgan fingerprint density at radius 3 is 2.68 bits per heavy atom. The zero-order valence-corrected chi connectivity index (χ0v) is 20.8. The molecular formula is C21H31IN6O3. The van der Waals surface area contributed by atoms with Crippen LogP contribution in [-0.2, 0) is 18.3 Å². The van der Waals surface area contributed by atoms with Crippen LogP contribution in [0.25, 0.3) is 0 Å². The van der Waals surface area contributed by atoms with E-state index in [2.05, 4.69) is 10.4 Å². The number of piperazine rings is 1. The summed E-state index contributed by atoms with van der Waals surface area (Å²) in [4.78, 5) is 21.2. The van der Waals surface area contributed by atoms with E-state index in [0.717, 1.165) is 35.3 Å². The summed E-state index contributed by atoms with van der Waals surface area (Å²) < 4.78 is 12.5. The van der Waals surface area contributed by atoms with Gasteiger partial charge in [-0.3, -0.25) is 14.5 Å². The Labute approximate surface area is 200 Å². The number of aromatic nitrogens is 2. The zero-order valence-electron chi connectivity index (χ0n) is 18.5. The van der Waals surface area contributed by atoms with E-state index >= 15 is 0 Å². The van der Waals surface area contributed by atoms with E-state index in [-0.39, 0.29) is 36.4 Å². The SMILES string of the molecule is CCNC(=NCCc1cc(OC)ccc1OC)N1CCN(c2cnn(C)c2)C(=O)C1.I. The Kier molecular flexibility index (Phi) is 9.41. The quantitative estimate of drug-likeness (QED) is 0.327. The number of hydrogen-bond donors (Lipinski definition) is 1. The second-order valence-corrected chi connectivity index (χ2v) is 7.00. The molecule has 1 aliphatic rings. The van der Waals surface area contributed by atoms with Crippen molar-refractivity contribution in [3.05, 3.63) is 36.2 Å². The Hall–Kier alpha value is -2.50. The molecule has 170 valence electrons. The molecule has 0 spiro atoms. The van der Waals surface area contributed by atoms with Gasteiger partial charge in [0, 0.05) is 39.4 Å². The standard InChI is InChI=1S/C21H30N6O3.HI/c1-5-22-21(23-9-8-16-12-18(29-3)6-7-19(16)30-4)26-10-11-27(20(28)15-26)17-13-24-25(2)14-17;/h6-7,12-14H,5,8-11,15H2,1-4H3,(H,22,23);1H. The lowest BCUT2D eigenvalue weighted by atomic mass is 10.1. The van der Waals surface area contributed by atoms with E-state index in [1.165, 1.54) is 0 Å². The predicted octanol–water partition coefficient (Wildman–Crippen LogP) is 1.91. The van der Waals surface area contributed by atoms with Gasteiger partial charge >= 0.3 is 0 Å². The van der Waals surface area contributed by atoms with Crippen molar-refractivity contribution in [2.24, 2.45) is 12.0 Å². The fraction of sp³-hybridized carbons (Fsp3) is 0.476. The van der Waals surface area contributed by atoms with Gasteiger partial charge in [-0.05, 0) is 37.1 Å². The van der Waals surface area contributed by atoms with Crippen molar-refractivity contribution in [2.45, 2.75) is 13.3 Å². The Balaban J connectivity index is 0.00000341. The summed E-state index contributed by atoms with van der Waals surface area (Å²) in [6, 6.07) is 5.75. The molecule has 2 heterocycles. The molecule has 0 aliphatic carbocycles. The highest BCUT2D eigenvalue weighted by atomic mass is 127. The molecule has 1 aromatic heterocycles. The number of rotatable bonds is 7. The lowest BCUT2D eigenvalue weighted by Crippen LogP contribution is -2.55. The van der Waals surface area contributed by atoms with Crippen LogP contribution in [0.4, 0.5) is 5.69 Å². The molecule has 0 saturated carbocycles. The van der Waals surface area contributed by atoms with Crippen LogP contribution in [0.1, 0.15) is 12.5 Å². The number of methoxy groups -OCH3 is 2. The van der Waals surface area contributed by atoms with Gasteiger partial charge < -0.3 is 24.6 Å². The summed E-state index contributed by atoms with van der Waals surface area (Å²) in [5.41, 5.74) is 1.86. The second kappa shape index (κ2) is 11.8. The monoisotopic (exact) mass is 542 g/mol. The smallest absolute Gasteiger partial charge is 0.246 e. The number of carbonyl (C=O) groups is 1. The number of ether oxygens (including phenoxy) is 2. The molecule has 0 atom stereocenters. The number of nitrogens with one attached hydrogen (secondary N) is 1. The van der Waals surface area contributed by atoms with E-state index in [1.54, 1.807) is 30.0 Å². The van der Waals surface area contributed by atoms with Crippen molar-refractivity contribution in [1.82, 2.24) is 20.0 Å². The molecule has 1 fully saturated rings. The number of hydrogen-bond acceptors (Lipinski definition) is 5. The molecule has 3 rings (SSSR count). The highest BCUT2D eigenvalue weighted by Gasteiger charge is 2.27. The van der Waals surface area contributed by atoms with Crippen molar-refractivity contribution in [3.8, 4) is 11.5 Å². The first-order valence-electron chi connectivity index (χ1n) is 10.1. The molecular weight excluding hydrogens is 511 g/mol. The minimum atomic E-state index is 0. The first-order chi connectivity index (χ1) is 14.5. The van der Waals surface area contributed by atoms with Crippen LogP contribution >= 0.6 is 24.0 Å². The predicted molar refractivity (Wildman–Crippen MR) is 132 cm³/mol. The molecule has 1 amide bonds. The number of carbonyl (C=O) groups excluding carboxylic acids is 1. The normalized spacial score (nSPS) is 14.3. The number of anilines is 1. The van der Waals surface area contributed by atoms with E-state index in [4.69, 9.17) is 14.5 Å². The molecule has 31 heavy (non-hydrogen) atoms. The van der Waals surface area contributed by atoms with Gasteiger partial charge in [0.15, 0.2) is 5.96 Å². The van der Waals surface area contributed by atoms with Gasteiger partial charge in [0.1, 0.15) is 18.0 Å². The molecule has 0 bridgehead atoms. The summed E-state index contributed by atoms with van der Waals surface area (Å²) in [5, 5.41) is 7.46. The maximum Gasteiger partial charge on any atom is 0.246 e. The van der Waals surface area contributed by atoms with Gasteiger partial charge in [-0.2, -0.15) is 5.10 Å². The molecule has 1 saturated heterocycles. The third-order valence-electron chi connectivity index (χ3n) is 4.99. The summed E-state index contributed by atoms with van der Waals surface area (Å²) in [5.74, 6) is 2.39.